The molecule has 39 heavy (non-hydrogen) atoms. The number of rotatable bonds is 10. The molecule has 7 nitrogen and oxygen atoms in total. The Balaban J connectivity index is 1.77. The topological polar surface area (TPSA) is 82.1 Å². The summed E-state index contributed by atoms with van der Waals surface area (Å²) in [6, 6.07) is 23.3. The number of halogens is 2. The summed E-state index contributed by atoms with van der Waals surface area (Å²) < 4.78 is 74.9. The molecule has 0 fully saturated rings. The Morgan fingerprint density at radius 3 is 1.90 bits per heavy atom. The third-order valence-corrected chi connectivity index (χ3v) is 7.58. The van der Waals surface area contributed by atoms with Gasteiger partial charge in [-0.1, -0.05) is 66.7 Å². The van der Waals surface area contributed by atoms with E-state index >= 15 is 8.78 Å². The van der Waals surface area contributed by atoms with Crippen molar-refractivity contribution in [3.8, 4) is 11.5 Å². The molecule has 0 aliphatic rings. The van der Waals surface area contributed by atoms with Gasteiger partial charge in [-0.3, -0.25) is 4.31 Å². The fourth-order valence-electron chi connectivity index (χ4n) is 3.84. The predicted octanol–water partition coefficient (Wildman–Crippen LogP) is 5.73. The molecular formula is C29H25F2NO6S. The standard InChI is InChI=1S/C29H25F2NO6S/c1-36-24-17-25(37-2)27(31)28(26(24)30)32(18-20-10-5-3-6-11-20)39(34,35)23-15-9-14-22(16-23)29(33)38-19-21-12-7-4-8-13-21/h3-17H,18-19H2,1-2H3. The monoisotopic (exact) mass is 553 g/mol. The molecule has 0 bridgehead atoms. The van der Waals surface area contributed by atoms with Gasteiger partial charge in [0.25, 0.3) is 10.0 Å². The summed E-state index contributed by atoms with van der Waals surface area (Å²) in [5, 5.41) is 0. The van der Waals surface area contributed by atoms with Gasteiger partial charge < -0.3 is 14.2 Å². The van der Waals surface area contributed by atoms with Gasteiger partial charge >= 0.3 is 5.97 Å². The van der Waals surface area contributed by atoms with Crippen molar-refractivity contribution in [3.63, 3.8) is 0 Å². The van der Waals surface area contributed by atoms with Crippen LogP contribution in [0.15, 0.2) is 95.9 Å². The van der Waals surface area contributed by atoms with E-state index in [0.29, 0.717) is 9.87 Å². The lowest BCUT2D eigenvalue weighted by atomic mass is 10.2. The van der Waals surface area contributed by atoms with Crippen molar-refractivity contribution in [1.29, 1.82) is 0 Å². The van der Waals surface area contributed by atoms with Crippen LogP contribution in [0.2, 0.25) is 0 Å². The first kappa shape index (κ1) is 27.6. The van der Waals surface area contributed by atoms with E-state index in [9.17, 15) is 13.2 Å². The zero-order valence-electron chi connectivity index (χ0n) is 21.1. The molecule has 0 aromatic heterocycles. The Morgan fingerprint density at radius 1 is 0.769 bits per heavy atom. The Hall–Kier alpha value is -4.44. The number of carbonyl (C=O) groups is 1. The molecule has 0 saturated heterocycles. The maximum atomic E-state index is 15.5. The molecule has 0 N–H and O–H groups in total. The van der Waals surface area contributed by atoms with Crippen LogP contribution in [0, 0.1) is 11.6 Å². The smallest absolute Gasteiger partial charge is 0.338 e. The maximum Gasteiger partial charge on any atom is 0.338 e. The summed E-state index contributed by atoms with van der Waals surface area (Å²) in [5.41, 5.74) is 0.282. The highest BCUT2D eigenvalue weighted by atomic mass is 32.2. The molecule has 0 radical (unpaired) electrons. The minimum atomic E-state index is -4.64. The summed E-state index contributed by atoms with van der Waals surface area (Å²) in [4.78, 5) is 12.4. The first-order valence-corrected chi connectivity index (χ1v) is 13.2. The SMILES string of the molecule is COc1cc(OC)c(F)c(N(Cc2ccccc2)S(=O)(=O)c2cccc(C(=O)OCc3ccccc3)c2)c1F. The lowest BCUT2D eigenvalue weighted by molar-refractivity contribution is 0.0472. The van der Waals surface area contributed by atoms with Crippen LogP contribution in [0.25, 0.3) is 0 Å². The molecule has 0 unspecified atom stereocenters. The van der Waals surface area contributed by atoms with E-state index in [1.807, 2.05) is 6.07 Å². The number of carbonyl (C=O) groups excluding carboxylic acids is 1. The van der Waals surface area contributed by atoms with Crippen LogP contribution in [0.1, 0.15) is 21.5 Å². The third-order valence-electron chi connectivity index (χ3n) is 5.84. The van der Waals surface area contributed by atoms with Gasteiger partial charge in [-0.05, 0) is 29.3 Å². The van der Waals surface area contributed by atoms with Gasteiger partial charge in [0.15, 0.2) is 23.1 Å². The third kappa shape index (κ3) is 6.01. The molecule has 0 saturated carbocycles. The minimum Gasteiger partial charge on any atom is -0.493 e. The van der Waals surface area contributed by atoms with Gasteiger partial charge in [-0.15, -0.1) is 0 Å². The summed E-state index contributed by atoms with van der Waals surface area (Å²) in [7, 11) is -2.30. The molecule has 0 atom stereocenters. The number of benzene rings is 4. The highest BCUT2D eigenvalue weighted by molar-refractivity contribution is 7.92. The van der Waals surface area contributed by atoms with Crippen molar-refractivity contribution in [2.45, 2.75) is 18.0 Å². The van der Waals surface area contributed by atoms with E-state index < -0.39 is 51.4 Å². The Bertz CT molecular complexity index is 1540. The average molecular weight is 554 g/mol. The summed E-state index contributed by atoms with van der Waals surface area (Å²) in [6.45, 7) is -0.438. The quantitative estimate of drug-likeness (QED) is 0.233. The zero-order chi connectivity index (χ0) is 28.0. The van der Waals surface area contributed by atoms with Crippen molar-refractivity contribution in [2.75, 3.05) is 18.5 Å². The summed E-state index contributed by atoms with van der Waals surface area (Å²) in [6.07, 6.45) is 0. The summed E-state index contributed by atoms with van der Waals surface area (Å²) >= 11 is 0. The largest absolute Gasteiger partial charge is 0.493 e. The number of methoxy groups -OCH3 is 2. The molecule has 4 aromatic carbocycles. The van der Waals surface area contributed by atoms with E-state index in [2.05, 4.69) is 0 Å². The van der Waals surface area contributed by atoms with Crippen LogP contribution < -0.4 is 13.8 Å². The average Bonchev–Trinajstić information content (AvgIpc) is 2.96. The van der Waals surface area contributed by atoms with Gasteiger partial charge in [0.2, 0.25) is 0 Å². The van der Waals surface area contributed by atoms with Gasteiger partial charge in [-0.25, -0.2) is 22.0 Å². The number of hydrogen-bond donors (Lipinski definition) is 0. The number of nitrogens with zero attached hydrogens (tertiary/aromatic N) is 1. The van der Waals surface area contributed by atoms with Gasteiger partial charge in [-0.2, -0.15) is 0 Å². The summed E-state index contributed by atoms with van der Waals surface area (Å²) in [5.74, 6) is -4.03. The van der Waals surface area contributed by atoms with Crippen LogP contribution in [-0.4, -0.2) is 28.6 Å². The molecule has 202 valence electrons. The zero-order valence-corrected chi connectivity index (χ0v) is 22.0. The molecule has 10 heteroatoms. The van der Waals surface area contributed by atoms with Crippen LogP contribution in [0.3, 0.4) is 0 Å². The van der Waals surface area contributed by atoms with E-state index in [4.69, 9.17) is 14.2 Å². The van der Waals surface area contributed by atoms with Gasteiger partial charge in [0.1, 0.15) is 12.3 Å². The molecule has 0 spiro atoms. The first-order valence-electron chi connectivity index (χ1n) is 11.7. The molecule has 0 heterocycles. The second-order valence-electron chi connectivity index (χ2n) is 8.34. The van der Waals surface area contributed by atoms with Crippen molar-refractivity contribution in [1.82, 2.24) is 0 Å². The maximum absolute atomic E-state index is 15.5. The molecule has 0 aliphatic carbocycles. The Morgan fingerprint density at radius 2 is 1.33 bits per heavy atom. The second-order valence-corrected chi connectivity index (χ2v) is 10.2. The van der Waals surface area contributed by atoms with Crippen LogP contribution in [0.4, 0.5) is 14.5 Å². The van der Waals surface area contributed by atoms with Crippen LogP contribution >= 0.6 is 0 Å². The van der Waals surface area contributed by atoms with Crippen molar-refractivity contribution < 1.29 is 36.2 Å². The molecule has 4 rings (SSSR count). The Kier molecular flexibility index (Phi) is 8.46. The minimum absolute atomic E-state index is 0.0171. The molecular weight excluding hydrogens is 528 g/mol. The van der Waals surface area contributed by atoms with E-state index in [1.165, 1.54) is 32.4 Å². The number of hydrogen-bond acceptors (Lipinski definition) is 6. The van der Waals surface area contributed by atoms with E-state index in [1.54, 1.807) is 54.6 Å². The first-order chi connectivity index (χ1) is 18.8. The number of anilines is 1. The highest BCUT2D eigenvalue weighted by Crippen LogP contribution is 2.40. The van der Waals surface area contributed by atoms with Crippen molar-refractivity contribution >= 4 is 21.7 Å². The highest BCUT2D eigenvalue weighted by Gasteiger charge is 2.34. The second kappa shape index (κ2) is 12.0. The molecule has 0 amide bonds. The number of esters is 1. The van der Waals surface area contributed by atoms with E-state index in [-0.39, 0.29) is 17.1 Å². The molecule has 0 aliphatic heterocycles. The number of ether oxygens (including phenoxy) is 3. The van der Waals surface area contributed by atoms with Crippen molar-refractivity contribution in [2.24, 2.45) is 0 Å². The lowest BCUT2D eigenvalue weighted by Gasteiger charge is -2.27. The van der Waals surface area contributed by atoms with Crippen LogP contribution in [-0.2, 0) is 27.9 Å². The van der Waals surface area contributed by atoms with Gasteiger partial charge in [0, 0.05) is 6.07 Å². The van der Waals surface area contributed by atoms with Gasteiger partial charge in [0.05, 0.1) is 31.2 Å². The fourth-order valence-corrected chi connectivity index (χ4v) is 5.34. The fraction of sp³-hybridized carbons (Fsp3) is 0.138. The normalized spacial score (nSPS) is 11.1. The Labute approximate surface area is 225 Å². The molecule has 4 aromatic rings. The predicted molar refractivity (Wildman–Crippen MR) is 141 cm³/mol. The lowest BCUT2D eigenvalue weighted by Crippen LogP contribution is -2.32. The van der Waals surface area contributed by atoms with E-state index in [0.717, 1.165) is 17.7 Å². The van der Waals surface area contributed by atoms with Crippen molar-refractivity contribution in [3.05, 3.63) is 119 Å². The number of sulfonamides is 1. The van der Waals surface area contributed by atoms with Crippen LogP contribution in [0.5, 0.6) is 11.5 Å².